The van der Waals surface area contributed by atoms with Crippen molar-refractivity contribution in [2.45, 2.75) is 6.92 Å². The first-order valence-electron chi connectivity index (χ1n) is 6.52. The fraction of sp³-hybridized carbons (Fsp3) is 0.125. The normalized spacial score (nSPS) is 9.95. The molecule has 2 aromatic rings. The highest BCUT2D eigenvalue weighted by molar-refractivity contribution is 9.10. The van der Waals surface area contributed by atoms with Crippen molar-refractivity contribution in [1.82, 2.24) is 10.9 Å². The van der Waals surface area contributed by atoms with Gasteiger partial charge in [-0.05, 0) is 47.1 Å². The van der Waals surface area contributed by atoms with E-state index in [2.05, 4.69) is 26.8 Å². The molecule has 0 heterocycles. The third-order valence-corrected chi connectivity index (χ3v) is 3.70. The molecule has 114 valence electrons. The van der Waals surface area contributed by atoms with Crippen LogP contribution in [0.1, 0.15) is 26.3 Å². The number of hydrogen-bond donors (Lipinski definition) is 2. The second kappa shape index (κ2) is 7.09. The largest absolute Gasteiger partial charge is 0.496 e. The van der Waals surface area contributed by atoms with Crippen molar-refractivity contribution in [1.29, 1.82) is 0 Å². The molecular formula is C16H15BrN2O3. The maximum absolute atomic E-state index is 12.2. The summed E-state index contributed by atoms with van der Waals surface area (Å²) in [5, 5.41) is 0. The van der Waals surface area contributed by atoms with Gasteiger partial charge < -0.3 is 4.74 Å². The van der Waals surface area contributed by atoms with Crippen LogP contribution in [0.3, 0.4) is 0 Å². The molecule has 2 rings (SSSR count). The topological polar surface area (TPSA) is 67.4 Å². The van der Waals surface area contributed by atoms with E-state index in [1.54, 1.807) is 36.4 Å². The molecule has 22 heavy (non-hydrogen) atoms. The minimum Gasteiger partial charge on any atom is -0.496 e. The lowest BCUT2D eigenvalue weighted by Gasteiger charge is -2.11. The number of hydrogen-bond acceptors (Lipinski definition) is 3. The number of nitrogens with one attached hydrogen (secondary N) is 2. The molecular weight excluding hydrogens is 348 g/mol. The summed E-state index contributed by atoms with van der Waals surface area (Å²) < 4.78 is 5.80. The van der Waals surface area contributed by atoms with Gasteiger partial charge in [-0.2, -0.15) is 0 Å². The molecule has 0 aliphatic heterocycles. The Labute approximate surface area is 136 Å². The molecule has 0 aliphatic rings. The number of rotatable bonds is 3. The van der Waals surface area contributed by atoms with Crippen molar-refractivity contribution < 1.29 is 14.3 Å². The van der Waals surface area contributed by atoms with Crippen molar-refractivity contribution in [2.24, 2.45) is 0 Å². The Morgan fingerprint density at radius 1 is 1.00 bits per heavy atom. The molecule has 0 fully saturated rings. The van der Waals surface area contributed by atoms with Crippen LogP contribution in [0.4, 0.5) is 0 Å². The summed E-state index contributed by atoms with van der Waals surface area (Å²) in [6.45, 7) is 1.87. The first-order chi connectivity index (χ1) is 10.5. The summed E-state index contributed by atoms with van der Waals surface area (Å²) in [4.78, 5) is 24.2. The van der Waals surface area contributed by atoms with E-state index < -0.39 is 11.8 Å². The molecule has 0 unspecified atom stereocenters. The number of hydrazine groups is 1. The second-order valence-corrected chi connectivity index (χ2v) is 5.45. The number of aryl methyl sites for hydroxylation is 1. The zero-order valence-electron chi connectivity index (χ0n) is 12.1. The Kier molecular flexibility index (Phi) is 5.16. The van der Waals surface area contributed by atoms with Gasteiger partial charge in [0, 0.05) is 4.47 Å². The maximum atomic E-state index is 12.2. The average Bonchev–Trinajstić information content (AvgIpc) is 2.52. The van der Waals surface area contributed by atoms with Crippen molar-refractivity contribution >= 4 is 27.7 Å². The van der Waals surface area contributed by atoms with Gasteiger partial charge >= 0.3 is 0 Å². The summed E-state index contributed by atoms with van der Waals surface area (Å²) >= 11 is 3.29. The first kappa shape index (κ1) is 16.0. The minimum absolute atomic E-state index is 0.356. The molecule has 0 aromatic heterocycles. The molecule has 0 bridgehead atoms. The lowest BCUT2D eigenvalue weighted by Crippen LogP contribution is -2.41. The van der Waals surface area contributed by atoms with Crippen LogP contribution < -0.4 is 15.6 Å². The zero-order chi connectivity index (χ0) is 16.1. The van der Waals surface area contributed by atoms with Crippen molar-refractivity contribution in [3.05, 3.63) is 63.6 Å². The molecule has 0 spiro atoms. The highest BCUT2D eigenvalue weighted by Gasteiger charge is 2.14. The Balaban J connectivity index is 2.09. The molecule has 0 radical (unpaired) electrons. The monoisotopic (exact) mass is 362 g/mol. The van der Waals surface area contributed by atoms with Crippen LogP contribution in [0.15, 0.2) is 46.9 Å². The predicted octanol–water partition coefficient (Wildman–Crippen LogP) is 2.84. The molecule has 6 heteroatoms. The molecule has 2 N–H and O–H groups in total. The van der Waals surface area contributed by atoms with Crippen LogP contribution in [0.25, 0.3) is 0 Å². The van der Waals surface area contributed by atoms with Crippen LogP contribution in [0, 0.1) is 6.92 Å². The van der Waals surface area contributed by atoms with Gasteiger partial charge in [0.25, 0.3) is 11.8 Å². The lowest BCUT2D eigenvalue weighted by atomic mass is 10.1. The summed E-state index contributed by atoms with van der Waals surface area (Å²) in [5.74, 6) is -0.411. The summed E-state index contributed by atoms with van der Waals surface area (Å²) in [5.41, 5.74) is 6.48. The van der Waals surface area contributed by atoms with Gasteiger partial charge in [0.2, 0.25) is 0 Å². The van der Waals surface area contributed by atoms with E-state index in [0.29, 0.717) is 21.3 Å². The number of methoxy groups -OCH3 is 1. The van der Waals surface area contributed by atoms with Gasteiger partial charge in [-0.25, -0.2) is 0 Å². The smallest absolute Gasteiger partial charge is 0.273 e. The van der Waals surface area contributed by atoms with Crippen molar-refractivity contribution in [3.8, 4) is 5.75 Å². The molecule has 0 aliphatic carbocycles. The highest BCUT2D eigenvalue weighted by atomic mass is 79.9. The molecule has 2 amide bonds. The number of halogens is 1. The predicted molar refractivity (Wildman–Crippen MR) is 86.8 cm³/mol. The number of benzene rings is 2. The van der Waals surface area contributed by atoms with E-state index in [1.165, 1.54) is 7.11 Å². The molecule has 0 saturated carbocycles. The maximum Gasteiger partial charge on any atom is 0.273 e. The van der Waals surface area contributed by atoms with Crippen molar-refractivity contribution in [3.63, 3.8) is 0 Å². The van der Waals surface area contributed by atoms with Gasteiger partial charge in [-0.15, -0.1) is 0 Å². The first-order valence-corrected chi connectivity index (χ1v) is 7.32. The van der Waals surface area contributed by atoms with Crippen LogP contribution in [0.2, 0.25) is 0 Å². The molecule has 2 aromatic carbocycles. The van der Waals surface area contributed by atoms with Crippen LogP contribution in [0.5, 0.6) is 5.75 Å². The average molecular weight is 363 g/mol. The molecule has 5 nitrogen and oxygen atoms in total. The van der Waals surface area contributed by atoms with E-state index in [0.717, 1.165) is 5.56 Å². The third-order valence-electron chi connectivity index (χ3n) is 3.01. The van der Waals surface area contributed by atoms with E-state index in [9.17, 15) is 9.59 Å². The lowest BCUT2D eigenvalue weighted by molar-refractivity contribution is 0.0844. The standard InChI is InChI=1S/C16H15BrN2O3/c1-10-7-8-14(22-2)12(9-10)16(21)19-18-15(20)11-5-3-4-6-13(11)17/h3-9H,1-2H3,(H,18,20)(H,19,21). The summed E-state index contributed by atoms with van der Waals surface area (Å²) in [6, 6.07) is 12.2. The van der Waals surface area contributed by atoms with Crippen molar-refractivity contribution in [2.75, 3.05) is 7.11 Å². The van der Waals surface area contributed by atoms with E-state index >= 15 is 0 Å². The van der Waals surface area contributed by atoms with Gasteiger partial charge in [0.05, 0.1) is 18.2 Å². The number of carbonyl (C=O) groups is 2. The molecule has 0 saturated heterocycles. The fourth-order valence-corrected chi connectivity index (χ4v) is 2.36. The van der Waals surface area contributed by atoms with Crippen LogP contribution in [-0.2, 0) is 0 Å². The minimum atomic E-state index is -0.444. The Morgan fingerprint density at radius 2 is 1.64 bits per heavy atom. The zero-order valence-corrected chi connectivity index (χ0v) is 13.7. The Morgan fingerprint density at radius 3 is 2.27 bits per heavy atom. The summed E-state index contributed by atoms with van der Waals surface area (Å²) in [6.07, 6.45) is 0. The van der Waals surface area contributed by atoms with E-state index in [1.807, 2.05) is 13.0 Å². The van der Waals surface area contributed by atoms with E-state index in [-0.39, 0.29) is 0 Å². The van der Waals surface area contributed by atoms with Gasteiger partial charge in [0.1, 0.15) is 5.75 Å². The van der Waals surface area contributed by atoms with Gasteiger partial charge in [0.15, 0.2) is 0 Å². The molecule has 0 atom stereocenters. The van der Waals surface area contributed by atoms with Gasteiger partial charge in [-0.3, -0.25) is 20.4 Å². The number of amides is 2. The summed E-state index contributed by atoms with van der Waals surface area (Å²) in [7, 11) is 1.49. The Hall–Kier alpha value is -2.34. The number of carbonyl (C=O) groups excluding carboxylic acids is 2. The fourth-order valence-electron chi connectivity index (χ4n) is 1.89. The van der Waals surface area contributed by atoms with Crippen LogP contribution >= 0.6 is 15.9 Å². The van der Waals surface area contributed by atoms with Gasteiger partial charge in [-0.1, -0.05) is 23.8 Å². The third kappa shape index (κ3) is 3.65. The van der Waals surface area contributed by atoms with Crippen LogP contribution in [-0.4, -0.2) is 18.9 Å². The SMILES string of the molecule is COc1ccc(C)cc1C(=O)NNC(=O)c1ccccc1Br. The Bertz CT molecular complexity index is 716. The second-order valence-electron chi connectivity index (χ2n) is 4.59. The highest BCUT2D eigenvalue weighted by Crippen LogP contribution is 2.19. The van der Waals surface area contributed by atoms with E-state index in [4.69, 9.17) is 4.74 Å². The number of ether oxygens (including phenoxy) is 1. The quantitative estimate of drug-likeness (QED) is 0.825.